The molecule has 4 rings (SSSR count). The third kappa shape index (κ3) is 3.69. The van der Waals surface area contributed by atoms with E-state index in [1.165, 1.54) is 0 Å². The molecule has 3 aromatic heterocycles. The quantitative estimate of drug-likeness (QED) is 0.750. The number of imidazole rings is 1. The zero-order valence-electron chi connectivity index (χ0n) is 14.0. The summed E-state index contributed by atoms with van der Waals surface area (Å²) in [6.45, 7) is 1.60. The summed E-state index contributed by atoms with van der Waals surface area (Å²) in [5.74, 6) is 3.26. The van der Waals surface area contributed by atoms with Gasteiger partial charge in [-0.1, -0.05) is 6.07 Å². The number of furan rings is 1. The lowest BCUT2D eigenvalue weighted by atomic mass is 9.97. The van der Waals surface area contributed by atoms with E-state index in [4.69, 9.17) is 4.42 Å². The maximum Gasteiger partial charge on any atom is 0.223 e. The molecule has 0 spiro atoms. The Morgan fingerprint density at radius 1 is 1.40 bits per heavy atom. The highest BCUT2D eigenvalue weighted by Crippen LogP contribution is 2.28. The van der Waals surface area contributed by atoms with E-state index in [1.807, 2.05) is 40.7 Å². The number of likely N-dealkylation sites (tertiary alicyclic amines) is 1. The number of aromatic amines is 1. The molecule has 0 aromatic carbocycles. The van der Waals surface area contributed by atoms with E-state index in [2.05, 4.69) is 9.97 Å². The van der Waals surface area contributed by atoms with E-state index in [-0.39, 0.29) is 5.91 Å². The Hall–Kier alpha value is -2.34. The normalized spacial score (nSPS) is 17.8. The minimum atomic E-state index is 0.199. The number of H-pyrrole nitrogens is 1. The number of piperidine rings is 1. The third-order valence-electron chi connectivity index (χ3n) is 4.69. The number of rotatable bonds is 5. The predicted octanol–water partition coefficient (Wildman–Crippen LogP) is 4.07. The Kier molecular flexibility index (Phi) is 4.70. The van der Waals surface area contributed by atoms with E-state index in [0.29, 0.717) is 18.8 Å². The SMILES string of the molecule is O=C(CCc1ccc(-c2cccs2)o1)N1CCC[C@H](c2ncc[nH]2)C1. The topological polar surface area (TPSA) is 62.1 Å². The van der Waals surface area contributed by atoms with Crippen molar-refractivity contribution in [3.63, 3.8) is 0 Å². The molecule has 1 N–H and O–H groups in total. The highest BCUT2D eigenvalue weighted by atomic mass is 32.1. The van der Waals surface area contributed by atoms with Crippen molar-refractivity contribution >= 4 is 17.2 Å². The lowest BCUT2D eigenvalue weighted by Crippen LogP contribution is -2.39. The number of aryl methyl sites for hydroxylation is 1. The smallest absolute Gasteiger partial charge is 0.223 e. The first-order valence-corrected chi connectivity index (χ1v) is 9.57. The number of nitrogens with one attached hydrogen (secondary N) is 1. The second kappa shape index (κ2) is 7.27. The van der Waals surface area contributed by atoms with Crippen LogP contribution in [0.4, 0.5) is 0 Å². The summed E-state index contributed by atoms with van der Waals surface area (Å²) < 4.78 is 5.87. The lowest BCUT2D eigenvalue weighted by molar-refractivity contribution is -0.132. The van der Waals surface area contributed by atoms with Gasteiger partial charge in [0.1, 0.15) is 17.3 Å². The minimum absolute atomic E-state index is 0.199. The minimum Gasteiger partial charge on any atom is -0.460 e. The molecular formula is C19H21N3O2S. The Morgan fingerprint density at radius 2 is 2.36 bits per heavy atom. The number of carbonyl (C=O) groups is 1. The van der Waals surface area contributed by atoms with E-state index in [0.717, 1.165) is 48.2 Å². The van der Waals surface area contributed by atoms with Gasteiger partial charge in [-0.25, -0.2) is 4.98 Å². The number of carbonyl (C=O) groups excluding carboxylic acids is 1. The molecule has 5 nitrogen and oxygen atoms in total. The summed E-state index contributed by atoms with van der Waals surface area (Å²) in [4.78, 5) is 23.2. The Labute approximate surface area is 150 Å². The van der Waals surface area contributed by atoms with Crippen LogP contribution in [0.1, 0.15) is 36.8 Å². The second-order valence-corrected chi connectivity index (χ2v) is 7.34. The van der Waals surface area contributed by atoms with Crippen molar-refractivity contribution in [3.05, 3.63) is 53.6 Å². The van der Waals surface area contributed by atoms with Gasteiger partial charge < -0.3 is 14.3 Å². The Morgan fingerprint density at radius 3 is 3.16 bits per heavy atom. The fraction of sp³-hybridized carbons (Fsp3) is 0.368. The molecule has 0 saturated carbocycles. The van der Waals surface area contributed by atoms with Crippen LogP contribution in [0, 0.1) is 0 Å². The molecule has 1 aliphatic heterocycles. The van der Waals surface area contributed by atoms with Gasteiger partial charge in [0.15, 0.2) is 0 Å². The van der Waals surface area contributed by atoms with Gasteiger partial charge in [0, 0.05) is 44.2 Å². The molecule has 25 heavy (non-hydrogen) atoms. The molecule has 0 bridgehead atoms. The zero-order valence-corrected chi connectivity index (χ0v) is 14.8. The molecule has 0 radical (unpaired) electrons. The molecule has 1 fully saturated rings. The molecule has 4 heterocycles. The molecule has 1 saturated heterocycles. The van der Waals surface area contributed by atoms with Crippen molar-refractivity contribution in [3.8, 4) is 10.6 Å². The van der Waals surface area contributed by atoms with Gasteiger partial charge in [-0.3, -0.25) is 4.79 Å². The van der Waals surface area contributed by atoms with E-state index < -0.39 is 0 Å². The summed E-state index contributed by atoms with van der Waals surface area (Å²) in [6, 6.07) is 8.02. The van der Waals surface area contributed by atoms with Gasteiger partial charge in [0.25, 0.3) is 0 Å². The largest absolute Gasteiger partial charge is 0.460 e. The summed E-state index contributed by atoms with van der Waals surface area (Å²) in [5.41, 5.74) is 0. The molecule has 1 aliphatic rings. The van der Waals surface area contributed by atoms with Crippen LogP contribution in [0.2, 0.25) is 0 Å². The highest BCUT2D eigenvalue weighted by Gasteiger charge is 2.26. The average Bonchev–Trinajstić information content (AvgIpc) is 3.42. The summed E-state index contributed by atoms with van der Waals surface area (Å²) >= 11 is 1.66. The standard InChI is InChI=1S/C19H21N3O2S/c23-18(22-11-1-3-14(13-22)19-20-9-10-21-19)8-6-15-5-7-16(24-15)17-4-2-12-25-17/h2,4-5,7,9-10,12,14H,1,3,6,8,11,13H2,(H,20,21)/t14-/m0/s1. The van der Waals surface area contributed by atoms with Gasteiger partial charge in [-0.15, -0.1) is 11.3 Å². The van der Waals surface area contributed by atoms with Crippen molar-refractivity contribution in [1.29, 1.82) is 0 Å². The number of thiophene rings is 1. The molecule has 130 valence electrons. The van der Waals surface area contributed by atoms with E-state index >= 15 is 0 Å². The summed E-state index contributed by atoms with van der Waals surface area (Å²) in [5, 5.41) is 2.03. The van der Waals surface area contributed by atoms with Gasteiger partial charge in [0.05, 0.1) is 4.88 Å². The first-order valence-electron chi connectivity index (χ1n) is 8.69. The number of amides is 1. The van der Waals surface area contributed by atoms with E-state index in [9.17, 15) is 4.79 Å². The number of aromatic nitrogens is 2. The first kappa shape index (κ1) is 16.1. The van der Waals surface area contributed by atoms with Crippen LogP contribution in [0.15, 0.2) is 46.5 Å². The van der Waals surface area contributed by atoms with Crippen molar-refractivity contribution in [1.82, 2.24) is 14.9 Å². The van der Waals surface area contributed by atoms with Gasteiger partial charge in [-0.05, 0) is 36.4 Å². The monoisotopic (exact) mass is 355 g/mol. The van der Waals surface area contributed by atoms with Crippen LogP contribution in [0.25, 0.3) is 10.6 Å². The number of hydrogen-bond acceptors (Lipinski definition) is 4. The van der Waals surface area contributed by atoms with Gasteiger partial charge >= 0.3 is 0 Å². The predicted molar refractivity (Wildman–Crippen MR) is 97.5 cm³/mol. The van der Waals surface area contributed by atoms with Crippen LogP contribution in [-0.2, 0) is 11.2 Å². The van der Waals surface area contributed by atoms with E-state index in [1.54, 1.807) is 17.5 Å². The summed E-state index contributed by atoms with van der Waals surface area (Å²) in [6.07, 6.45) is 6.87. The fourth-order valence-corrected chi connectivity index (χ4v) is 4.07. The van der Waals surface area contributed by atoms with Crippen molar-refractivity contribution in [2.24, 2.45) is 0 Å². The second-order valence-electron chi connectivity index (χ2n) is 6.40. The maximum atomic E-state index is 12.6. The molecule has 3 aromatic rings. The fourth-order valence-electron chi connectivity index (χ4n) is 3.38. The Bertz CT molecular complexity index is 808. The maximum absolute atomic E-state index is 12.6. The van der Waals surface area contributed by atoms with Crippen LogP contribution < -0.4 is 0 Å². The average molecular weight is 355 g/mol. The molecule has 6 heteroatoms. The molecular weight excluding hydrogens is 334 g/mol. The zero-order chi connectivity index (χ0) is 17.1. The highest BCUT2D eigenvalue weighted by molar-refractivity contribution is 7.13. The lowest BCUT2D eigenvalue weighted by Gasteiger charge is -2.31. The molecule has 1 atom stereocenters. The molecule has 0 aliphatic carbocycles. The van der Waals surface area contributed by atoms with Crippen LogP contribution in [0.3, 0.4) is 0 Å². The first-order chi connectivity index (χ1) is 12.3. The van der Waals surface area contributed by atoms with Crippen LogP contribution >= 0.6 is 11.3 Å². The van der Waals surface area contributed by atoms with Crippen molar-refractivity contribution in [2.45, 2.75) is 31.6 Å². The van der Waals surface area contributed by atoms with Crippen LogP contribution in [-0.4, -0.2) is 33.9 Å². The van der Waals surface area contributed by atoms with Crippen LogP contribution in [0.5, 0.6) is 0 Å². The molecule has 1 amide bonds. The third-order valence-corrected chi connectivity index (χ3v) is 5.58. The number of hydrogen-bond donors (Lipinski definition) is 1. The summed E-state index contributed by atoms with van der Waals surface area (Å²) in [7, 11) is 0. The van der Waals surface area contributed by atoms with Crippen molar-refractivity contribution < 1.29 is 9.21 Å². The Balaban J connectivity index is 1.33. The molecule has 0 unspecified atom stereocenters. The number of nitrogens with zero attached hydrogens (tertiary/aromatic N) is 2. The van der Waals surface area contributed by atoms with Gasteiger partial charge in [-0.2, -0.15) is 0 Å². The van der Waals surface area contributed by atoms with Crippen molar-refractivity contribution in [2.75, 3.05) is 13.1 Å². The van der Waals surface area contributed by atoms with Gasteiger partial charge in [0.2, 0.25) is 5.91 Å².